The molecule has 0 bridgehead atoms. The molecule has 2 rings (SSSR count). The molecule has 1 aromatic rings. The molecule has 1 aliphatic heterocycles. The van der Waals surface area contributed by atoms with Crippen molar-refractivity contribution in [2.24, 2.45) is 0 Å². The molecule has 17 heavy (non-hydrogen) atoms. The van der Waals surface area contributed by atoms with Crippen LogP contribution in [0.5, 0.6) is 0 Å². The standard InChI is InChI=1S/C10H16N4S3/c1-7-4-5-11-8(12-7)3-2-6-16-10-14-13-9(15)17-10/h4-5,7-8,11-12H,2-3,6H2,1H3,(H,13,15). The van der Waals surface area contributed by atoms with Crippen molar-refractivity contribution in [2.45, 2.75) is 36.3 Å². The summed E-state index contributed by atoms with van der Waals surface area (Å²) in [5.41, 5.74) is 0. The highest BCUT2D eigenvalue weighted by Crippen LogP contribution is 2.21. The van der Waals surface area contributed by atoms with Crippen LogP contribution in [0.15, 0.2) is 16.6 Å². The van der Waals surface area contributed by atoms with Gasteiger partial charge in [-0.2, -0.15) is 5.10 Å². The average molecular weight is 288 g/mol. The Morgan fingerprint density at radius 3 is 3.18 bits per heavy atom. The van der Waals surface area contributed by atoms with Crippen molar-refractivity contribution in [3.63, 3.8) is 0 Å². The Morgan fingerprint density at radius 2 is 2.47 bits per heavy atom. The van der Waals surface area contributed by atoms with E-state index in [0.717, 1.165) is 26.9 Å². The number of rotatable bonds is 5. The molecule has 2 heterocycles. The first-order chi connectivity index (χ1) is 8.24. The van der Waals surface area contributed by atoms with Crippen molar-refractivity contribution in [1.82, 2.24) is 20.8 Å². The van der Waals surface area contributed by atoms with Crippen LogP contribution in [0, 0.1) is 3.95 Å². The van der Waals surface area contributed by atoms with Gasteiger partial charge in [0.1, 0.15) is 0 Å². The lowest BCUT2D eigenvalue weighted by Gasteiger charge is -2.26. The summed E-state index contributed by atoms with van der Waals surface area (Å²) in [6.45, 7) is 2.16. The van der Waals surface area contributed by atoms with Crippen LogP contribution in [0.3, 0.4) is 0 Å². The van der Waals surface area contributed by atoms with E-state index in [4.69, 9.17) is 12.2 Å². The minimum Gasteiger partial charge on any atom is -0.376 e. The van der Waals surface area contributed by atoms with Gasteiger partial charge < -0.3 is 5.32 Å². The molecule has 2 atom stereocenters. The molecule has 4 nitrogen and oxygen atoms in total. The summed E-state index contributed by atoms with van der Waals surface area (Å²) in [5, 5.41) is 13.7. The van der Waals surface area contributed by atoms with E-state index in [1.165, 1.54) is 0 Å². The smallest absolute Gasteiger partial charge is 0.177 e. The molecule has 1 aliphatic rings. The van der Waals surface area contributed by atoms with E-state index in [0.29, 0.717) is 12.2 Å². The van der Waals surface area contributed by atoms with Gasteiger partial charge in [0.15, 0.2) is 8.29 Å². The van der Waals surface area contributed by atoms with Gasteiger partial charge in [0.05, 0.1) is 6.17 Å². The summed E-state index contributed by atoms with van der Waals surface area (Å²) in [7, 11) is 0. The van der Waals surface area contributed by atoms with Gasteiger partial charge in [-0.15, -0.1) is 0 Å². The van der Waals surface area contributed by atoms with Gasteiger partial charge in [0, 0.05) is 11.8 Å². The SMILES string of the molecule is CC1C=CNC(CCCSc2n[nH]c(=S)s2)N1. The number of H-pyrrole nitrogens is 1. The number of nitrogens with one attached hydrogen (secondary N) is 3. The Balaban J connectivity index is 1.63. The van der Waals surface area contributed by atoms with Gasteiger partial charge in [-0.05, 0) is 38.2 Å². The third-order valence-corrected chi connectivity index (χ3v) is 4.75. The zero-order valence-electron chi connectivity index (χ0n) is 9.60. The van der Waals surface area contributed by atoms with E-state index >= 15 is 0 Å². The minimum atomic E-state index is 0.396. The Morgan fingerprint density at radius 1 is 1.59 bits per heavy atom. The normalized spacial score (nSPS) is 23.6. The zero-order chi connectivity index (χ0) is 12.1. The molecule has 0 aromatic carbocycles. The number of aromatic amines is 1. The molecule has 94 valence electrons. The molecule has 0 amide bonds. The zero-order valence-corrected chi connectivity index (χ0v) is 12.1. The molecule has 0 saturated carbocycles. The lowest BCUT2D eigenvalue weighted by molar-refractivity contribution is 0.401. The van der Waals surface area contributed by atoms with E-state index in [9.17, 15) is 0 Å². The molecule has 2 unspecified atom stereocenters. The molecule has 0 spiro atoms. The molecule has 7 heteroatoms. The summed E-state index contributed by atoms with van der Waals surface area (Å²) in [4.78, 5) is 0. The molecule has 0 saturated heterocycles. The fraction of sp³-hybridized carbons (Fsp3) is 0.600. The third kappa shape index (κ3) is 4.42. The van der Waals surface area contributed by atoms with Gasteiger partial charge in [-0.25, -0.2) is 0 Å². The first-order valence-electron chi connectivity index (χ1n) is 5.61. The maximum absolute atomic E-state index is 4.99. The highest BCUT2D eigenvalue weighted by molar-refractivity contribution is 8.01. The second kappa shape index (κ2) is 6.53. The summed E-state index contributed by atoms with van der Waals surface area (Å²) in [6, 6.07) is 0.463. The molecular weight excluding hydrogens is 272 g/mol. The number of hydrogen-bond acceptors (Lipinski definition) is 6. The van der Waals surface area contributed by atoms with Crippen LogP contribution in [0.25, 0.3) is 0 Å². The summed E-state index contributed by atoms with van der Waals surface area (Å²) in [6.07, 6.45) is 6.84. The topological polar surface area (TPSA) is 52.7 Å². The van der Waals surface area contributed by atoms with Crippen LogP contribution in [-0.2, 0) is 0 Å². The van der Waals surface area contributed by atoms with Crippen LogP contribution in [0.2, 0.25) is 0 Å². The van der Waals surface area contributed by atoms with Crippen LogP contribution < -0.4 is 10.6 Å². The largest absolute Gasteiger partial charge is 0.376 e. The quantitative estimate of drug-likeness (QED) is 0.441. The van der Waals surface area contributed by atoms with Gasteiger partial charge in [0.2, 0.25) is 0 Å². The summed E-state index contributed by atoms with van der Waals surface area (Å²) in [5.74, 6) is 1.08. The number of hydrogen-bond donors (Lipinski definition) is 3. The Bertz CT molecular complexity index is 425. The second-order valence-corrected chi connectivity index (χ2v) is 6.91. The van der Waals surface area contributed by atoms with E-state index in [2.05, 4.69) is 33.8 Å². The maximum atomic E-state index is 4.99. The van der Waals surface area contributed by atoms with Gasteiger partial charge in [-0.1, -0.05) is 29.2 Å². The highest BCUT2D eigenvalue weighted by atomic mass is 32.2. The van der Waals surface area contributed by atoms with Crippen LogP contribution >= 0.6 is 35.3 Å². The van der Waals surface area contributed by atoms with Crippen molar-refractivity contribution >= 4 is 35.3 Å². The van der Waals surface area contributed by atoms with E-state index in [-0.39, 0.29) is 0 Å². The number of thioether (sulfide) groups is 1. The van der Waals surface area contributed by atoms with Crippen LogP contribution in [0.4, 0.5) is 0 Å². The fourth-order valence-corrected chi connectivity index (χ4v) is 3.74. The predicted molar refractivity (Wildman–Crippen MR) is 75.9 cm³/mol. The summed E-state index contributed by atoms with van der Waals surface area (Å²) < 4.78 is 1.79. The molecular formula is C10H16N4S3. The van der Waals surface area contributed by atoms with Crippen molar-refractivity contribution in [1.29, 1.82) is 0 Å². The van der Waals surface area contributed by atoms with E-state index < -0.39 is 0 Å². The molecule has 3 N–H and O–H groups in total. The second-order valence-electron chi connectivity index (χ2n) is 3.90. The Kier molecular flexibility index (Phi) is 5.02. The lowest BCUT2D eigenvalue weighted by Crippen LogP contribution is -2.46. The molecule has 0 aliphatic carbocycles. The van der Waals surface area contributed by atoms with Gasteiger partial charge in [0.25, 0.3) is 0 Å². The predicted octanol–water partition coefficient (Wildman–Crippen LogP) is 2.49. The van der Waals surface area contributed by atoms with Crippen molar-refractivity contribution < 1.29 is 0 Å². The average Bonchev–Trinajstić information content (AvgIpc) is 2.71. The van der Waals surface area contributed by atoms with Crippen molar-refractivity contribution in [3.05, 3.63) is 16.2 Å². The maximum Gasteiger partial charge on any atom is 0.177 e. The van der Waals surface area contributed by atoms with E-state index in [1.54, 1.807) is 23.1 Å². The number of aromatic nitrogens is 2. The fourth-order valence-electron chi connectivity index (χ4n) is 1.63. The van der Waals surface area contributed by atoms with Crippen LogP contribution in [-0.4, -0.2) is 28.2 Å². The first-order valence-corrected chi connectivity index (χ1v) is 7.82. The molecule has 0 fully saturated rings. The van der Waals surface area contributed by atoms with Gasteiger partial charge >= 0.3 is 0 Å². The minimum absolute atomic E-state index is 0.396. The first kappa shape index (κ1) is 13.1. The number of nitrogens with zero attached hydrogens (tertiary/aromatic N) is 1. The Labute approximate surface area is 114 Å². The van der Waals surface area contributed by atoms with Crippen molar-refractivity contribution in [2.75, 3.05) is 5.75 Å². The van der Waals surface area contributed by atoms with Crippen molar-refractivity contribution in [3.8, 4) is 0 Å². The third-order valence-electron chi connectivity index (χ3n) is 2.43. The van der Waals surface area contributed by atoms with Crippen LogP contribution in [0.1, 0.15) is 19.8 Å². The summed E-state index contributed by atoms with van der Waals surface area (Å²) >= 11 is 8.30. The Hall–Kier alpha value is -0.370. The highest BCUT2D eigenvalue weighted by Gasteiger charge is 2.11. The monoisotopic (exact) mass is 288 g/mol. The molecule has 1 aromatic heterocycles. The van der Waals surface area contributed by atoms with E-state index in [1.807, 2.05) is 6.20 Å². The van der Waals surface area contributed by atoms with Gasteiger partial charge in [-0.3, -0.25) is 10.4 Å². The lowest BCUT2D eigenvalue weighted by atomic mass is 10.2. The molecule has 0 radical (unpaired) electrons.